The Morgan fingerprint density at radius 3 is 2.73 bits per heavy atom. The molecule has 10 heteroatoms. The molecule has 0 saturated carbocycles. The molecule has 0 N–H and O–H groups in total. The molecular formula is C20H17ClN4O4S. The van der Waals surface area contributed by atoms with Crippen LogP contribution in [-0.2, 0) is 13.2 Å². The molecule has 8 nitrogen and oxygen atoms in total. The van der Waals surface area contributed by atoms with Crippen LogP contribution in [0.15, 0.2) is 66.3 Å². The summed E-state index contributed by atoms with van der Waals surface area (Å²) in [6, 6.07) is 12.6. The van der Waals surface area contributed by atoms with Gasteiger partial charge in [0, 0.05) is 29.3 Å². The van der Waals surface area contributed by atoms with Gasteiger partial charge in [0.1, 0.15) is 12.4 Å². The predicted molar refractivity (Wildman–Crippen MR) is 114 cm³/mol. The molecule has 0 unspecified atom stereocenters. The SMILES string of the molecule is C=CCn1c(COc2ccc(Cl)cc2)nnc1SCC(=O)c1cccc([N+](=O)[O-])c1. The molecule has 0 aliphatic carbocycles. The Bertz CT molecular complexity index is 1070. The largest absolute Gasteiger partial charge is 0.486 e. The molecule has 2 aromatic carbocycles. The third kappa shape index (κ3) is 5.46. The average Bonchev–Trinajstić information content (AvgIpc) is 3.13. The number of non-ortho nitro benzene ring substituents is 1. The second-order valence-electron chi connectivity index (χ2n) is 6.06. The summed E-state index contributed by atoms with van der Waals surface area (Å²) in [5.74, 6) is 1.04. The van der Waals surface area contributed by atoms with Crippen LogP contribution in [0.4, 0.5) is 5.69 Å². The zero-order valence-electron chi connectivity index (χ0n) is 15.7. The lowest BCUT2D eigenvalue weighted by Crippen LogP contribution is -2.09. The number of aromatic nitrogens is 3. The van der Waals surface area contributed by atoms with E-state index < -0.39 is 4.92 Å². The number of nitrogens with zero attached hydrogens (tertiary/aromatic N) is 4. The van der Waals surface area contributed by atoms with Gasteiger partial charge in [-0.1, -0.05) is 41.6 Å². The number of ether oxygens (including phenoxy) is 1. The standard InChI is InChI=1S/C20H17ClN4O4S/c1-2-10-24-19(12-29-17-8-6-15(21)7-9-17)22-23-20(24)30-13-18(26)14-4-3-5-16(11-14)25(27)28/h2-9,11H,1,10,12-13H2. The minimum atomic E-state index is -0.530. The maximum absolute atomic E-state index is 12.5. The Hall–Kier alpha value is -3.17. The lowest BCUT2D eigenvalue weighted by atomic mass is 10.1. The summed E-state index contributed by atoms with van der Waals surface area (Å²) >= 11 is 7.07. The van der Waals surface area contributed by atoms with Crippen LogP contribution in [0.1, 0.15) is 16.2 Å². The van der Waals surface area contributed by atoms with E-state index >= 15 is 0 Å². The predicted octanol–water partition coefficient (Wildman–Crippen LogP) is 4.58. The van der Waals surface area contributed by atoms with Gasteiger partial charge < -0.3 is 4.74 Å². The number of Topliss-reactive ketones (excluding diaryl/α,β-unsaturated/α-hetero) is 1. The fourth-order valence-electron chi connectivity index (χ4n) is 2.53. The number of benzene rings is 2. The van der Waals surface area contributed by atoms with Crippen LogP contribution in [-0.4, -0.2) is 31.2 Å². The van der Waals surface area contributed by atoms with Crippen LogP contribution in [0.2, 0.25) is 5.02 Å². The molecular weight excluding hydrogens is 428 g/mol. The van der Waals surface area contributed by atoms with E-state index in [-0.39, 0.29) is 29.4 Å². The van der Waals surface area contributed by atoms with E-state index in [1.807, 2.05) is 0 Å². The summed E-state index contributed by atoms with van der Waals surface area (Å²) in [5, 5.41) is 20.3. The first-order valence-corrected chi connectivity index (χ1v) is 10.2. The van der Waals surface area contributed by atoms with Crippen LogP contribution >= 0.6 is 23.4 Å². The van der Waals surface area contributed by atoms with Crippen LogP contribution in [0.3, 0.4) is 0 Å². The third-order valence-corrected chi connectivity index (χ3v) is 5.22. The summed E-state index contributed by atoms with van der Waals surface area (Å²) in [4.78, 5) is 22.8. The summed E-state index contributed by atoms with van der Waals surface area (Å²) in [5.41, 5.74) is 0.153. The van der Waals surface area contributed by atoms with Crippen LogP contribution in [0.5, 0.6) is 5.75 Å². The van der Waals surface area contributed by atoms with E-state index in [1.165, 1.54) is 30.0 Å². The molecule has 0 saturated heterocycles. The van der Waals surface area contributed by atoms with Crippen molar-refractivity contribution in [3.63, 3.8) is 0 Å². The Morgan fingerprint density at radius 2 is 2.03 bits per heavy atom. The quantitative estimate of drug-likeness (QED) is 0.148. The van der Waals surface area contributed by atoms with Gasteiger partial charge in [0.15, 0.2) is 16.8 Å². The third-order valence-electron chi connectivity index (χ3n) is 4.00. The average molecular weight is 445 g/mol. The Morgan fingerprint density at radius 1 is 1.27 bits per heavy atom. The number of carbonyl (C=O) groups is 1. The van der Waals surface area contributed by atoms with E-state index in [0.29, 0.717) is 28.3 Å². The monoisotopic (exact) mass is 444 g/mol. The lowest BCUT2D eigenvalue weighted by Gasteiger charge is -2.09. The molecule has 0 fully saturated rings. The first-order valence-electron chi connectivity index (χ1n) is 8.79. The number of carbonyl (C=O) groups excluding carboxylic acids is 1. The van der Waals surface area contributed by atoms with Crippen LogP contribution < -0.4 is 4.74 Å². The van der Waals surface area contributed by atoms with Gasteiger partial charge in [-0.3, -0.25) is 19.5 Å². The van der Waals surface area contributed by atoms with Crippen molar-refractivity contribution in [2.24, 2.45) is 0 Å². The molecule has 1 heterocycles. The molecule has 3 aromatic rings. The topological polar surface area (TPSA) is 100 Å². The van der Waals surface area contributed by atoms with Crippen molar-refractivity contribution in [2.75, 3.05) is 5.75 Å². The van der Waals surface area contributed by atoms with Crippen molar-refractivity contribution in [1.29, 1.82) is 0 Å². The Labute approximate surface area is 181 Å². The molecule has 30 heavy (non-hydrogen) atoms. The van der Waals surface area contributed by atoms with Crippen LogP contribution in [0.25, 0.3) is 0 Å². The van der Waals surface area contributed by atoms with Crippen molar-refractivity contribution in [1.82, 2.24) is 14.8 Å². The number of nitro groups is 1. The number of nitro benzene ring substituents is 1. The second kappa shape index (κ2) is 10.0. The number of hydrogen-bond acceptors (Lipinski definition) is 7. The first-order chi connectivity index (χ1) is 14.5. The summed E-state index contributed by atoms with van der Waals surface area (Å²) < 4.78 is 7.52. The zero-order valence-corrected chi connectivity index (χ0v) is 17.3. The molecule has 1 aromatic heterocycles. The van der Waals surface area contributed by atoms with Gasteiger partial charge in [0.05, 0.1) is 10.7 Å². The number of halogens is 1. The molecule has 154 valence electrons. The molecule has 0 aliphatic heterocycles. The Balaban J connectivity index is 1.67. The van der Waals surface area contributed by atoms with Gasteiger partial charge in [-0.15, -0.1) is 16.8 Å². The normalized spacial score (nSPS) is 10.6. The highest BCUT2D eigenvalue weighted by Crippen LogP contribution is 2.22. The number of allylic oxidation sites excluding steroid dienone is 1. The van der Waals surface area contributed by atoms with Gasteiger partial charge in [0.25, 0.3) is 5.69 Å². The highest BCUT2D eigenvalue weighted by molar-refractivity contribution is 7.99. The molecule has 0 spiro atoms. The van der Waals surface area contributed by atoms with E-state index in [0.717, 1.165) is 0 Å². The Kier molecular flexibility index (Phi) is 7.21. The van der Waals surface area contributed by atoms with E-state index in [9.17, 15) is 14.9 Å². The minimum Gasteiger partial charge on any atom is -0.486 e. The number of ketones is 1. The van der Waals surface area contributed by atoms with Gasteiger partial charge >= 0.3 is 0 Å². The lowest BCUT2D eigenvalue weighted by molar-refractivity contribution is -0.384. The number of thioether (sulfide) groups is 1. The molecule has 0 bridgehead atoms. The highest BCUT2D eigenvalue weighted by Gasteiger charge is 2.16. The van der Waals surface area contributed by atoms with Crippen molar-refractivity contribution >= 4 is 34.8 Å². The van der Waals surface area contributed by atoms with Gasteiger partial charge in [-0.05, 0) is 24.3 Å². The van der Waals surface area contributed by atoms with Crippen molar-refractivity contribution in [3.05, 3.63) is 87.7 Å². The van der Waals surface area contributed by atoms with Crippen molar-refractivity contribution in [2.45, 2.75) is 18.3 Å². The summed E-state index contributed by atoms with van der Waals surface area (Å²) in [6.07, 6.45) is 1.70. The van der Waals surface area contributed by atoms with E-state index in [1.54, 1.807) is 41.0 Å². The second-order valence-corrected chi connectivity index (χ2v) is 7.44. The maximum atomic E-state index is 12.5. The highest BCUT2D eigenvalue weighted by atomic mass is 35.5. The number of rotatable bonds is 10. The molecule has 0 radical (unpaired) electrons. The fraction of sp³-hybridized carbons (Fsp3) is 0.150. The van der Waals surface area contributed by atoms with E-state index in [2.05, 4.69) is 16.8 Å². The molecule has 0 amide bonds. The van der Waals surface area contributed by atoms with Gasteiger partial charge in [-0.2, -0.15) is 0 Å². The van der Waals surface area contributed by atoms with Crippen molar-refractivity contribution < 1.29 is 14.5 Å². The van der Waals surface area contributed by atoms with Crippen LogP contribution in [0, 0.1) is 10.1 Å². The molecule has 3 rings (SSSR count). The number of hydrogen-bond donors (Lipinski definition) is 0. The first kappa shape index (κ1) is 21.5. The molecule has 0 aliphatic rings. The minimum absolute atomic E-state index is 0.0640. The molecule has 0 atom stereocenters. The fourth-order valence-corrected chi connectivity index (χ4v) is 3.52. The van der Waals surface area contributed by atoms with Gasteiger partial charge in [0.2, 0.25) is 0 Å². The zero-order chi connectivity index (χ0) is 21.5. The van der Waals surface area contributed by atoms with Gasteiger partial charge in [-0.25, -0.2) is 0 Å². The maximum Gasteiger partial charge on any atom is 0.270 e. The summed E-state index contributed by atoms with van der Waals surface area (Å²) in [7, 11) is 0. The van der Waals surface area contributed by atoms with Crippen molar-refractivity contribution in [3.8, 4) is 5.75 Å². The van der Waals surface area contributed by atoms with E-state index in [4.69, 9.17) is 16.3 Å². The summed E-state index contributed by atoms with van der Waals surface area (Å²) in [6.45, 7) is 4.37. The smallest absolute Gasteiger partial charge is 0.270 e.